The van der Waals surface area contributed by atoms with Gasteiger partial charge in [0.25, 0.3) is 0 Å². The van der Waals surface area contributed by atoms with E-state index >= 15 is 0 Å². The molecule has 0 radical (unpaired) electrons. The van der Waals surface area contributed by atoms with E-state index in [1.807, 2.05) is 13.8 Å². The van der Waals surface area contributed by atoms with Gasteiger partial charge in [-0.1, -0.05) is 31.5 Å². The molecule has 6 heteroatoms. The topological polar surface area (TPSA) is 68.0 Å². The molecule has 0 saturated carbocycles. The molecule has 0 bridgehead atoms. The van der Waals surface area contributed by atoms with Crippen LogP contribution in [0.4, 0.5) is 5.69 Å². The Bertz CT molecular complexity index is 566. The number of nitrogens with one attached hydrogen (secondary N) is 1. The number of nitrogens with zero attached hydrogens (tertiary/aromatic N) is 2. The normalized spacial score (nSPS) is 10.7. The summed E-state index contributed by atoms with van der Waals surface area (Å²) in [5.74, 6) is 0.0202. The maximum atomic E-state index is 11.8. The molecule has 0 spiro atoms. The average molecular weight is 266 g/mol. The van der Waals surface area contributed by atoms with E-state index in [0.717, 1.165) is 0 Å². The van der Waals surface area contributed by atoms with E-state index in [-0.39, 0.29) is 11.8 Å². The number of amides is 1. The largest absolute Gasteiger partial charge is 0.417 e. The number of rotatable bonds is 3. The van der Waals surface area contributed by atoms with E-state index in [0.29, 0.717) is 16.6 Å². The molecule has 1 aromatic heterocycles. The molecule has 1 aromatic carbocycles. The predicted molar refractivity (Wildman–Crippen MR) is 67.8 cm³/mol. The van der Waals surface area contributed by atoms with E-state index in [4.69, 9.17) is 16.0 Å². The van der Waals surface area contributed by atoms with Crippen LogP contribution in [0.3, 0.4) is 0 Å². The zero-order valence-electron chi connectivity index (χ0n) is 9.98. The molecule has 5 nitrogen and oxygen atoms in total. The van der Waals surface area contributed by atoms with Gasteiger partial charge in [-0.3, -0.25) is 4.79 Å². The summed E-state index contributed by atoms with van der Waals surface area (Å²) in [6, 6.07) is 6.83. The second-order valence-corrected chi connectivity index (χ2v) is 4.50. The third-order valence-electron chi connectivity index (χ3n) is 2.21. The summed E-state index contributed by atoms with van der Waals surface area (Å²) in [5.41, 5.74) is 0.580. The summed E-state index contributed by atoms with van der Waals surface area (Å²) in [6.45, 7) is 3.82. The molecule has 1 heterocycles. The van der Waals surface area contributed by atoms with Gasteiger partial charge in [-0.25, -0.2) is 0 Å². The number of carbonyl (C=O) groups is 1. The van der Waals surface area contributed by atoms with E-state index in [9.17, 15) is 4.79 Å². The SMILES string of the molecule is CC(C)c1nnc(C(=O)Nc2cccc(Cl)c2)o1. The highest BCUT2D eigenvalue weighted by atomic mass is 35.5. The van der Waals surface area contributed by atoms with E-state index in [1.54, 1.807) is 24.3 Å². The Balaban J connectivity index is 2.12. The van der Waals surface area contributed by atoms with Crippen molar-refractivity contribution < 1.29 is 9.21 Å². The van der Waals surface area contributed by atoms with Crippen molar-refractivity contribution in [3.05, 3.63) is 41.1 Å². The van der Waals surface area contributed by atoms with Crippen molar-refractivity contribution in [3.63, 3.8) is 0 Å². The third kappa shape index (κ3) is 2.87. The number of halogens is 1. The van der Waals surface area contributed by atoms with Crippen LogP contribution < -0.4 is 5.32 Å². The molecule has 1 amide bonds. The maximum Gasteiger partial charge on any atom is 0.313 e. The highest BCUT2D eigenvalue weighted by Crippen LogP contribution is 2.16. The summed E-state index contributed by atoms with van der Waals surface area (Å²) >= 11 is 5.82. The van der Waals surface area contributed by atoms with Crippen molar-refractivity contribution in [2.45, 2.75) is 19.8 Å². The van der Waals surface area contributed by atoms with Gasteiger partial charge in [-0.15, -0.1) is 10.2 Å². The quantitative estimate of drug-likeness (QED) is 0.926. The first kappa shape index (κ1) is 12.6. The van der Waals surface area contributed by atoms with Gasteiger partial charge in [0.05, 0.1) is 0 Å². The van der Waals surface area contributed by atoms with Crippen LogP contribution in [0.1, 0.15) is 36.3 Å². The minimum Gasteiger partial charge on any atom is -0.417 e. The predicted octanol–water partition coefficient (Wildman–Crippen LogP) is 3.10. The number of aromatic nitrogens is 2. The Kier molecular flexibility index (Phi) is 3.62. The monoisotopic (exact) mass is 265 g/mol. The van der Waals surface area contributed by atoms with Crippen LogP contribution in [0.15, 0.2) is 28.7 Å². The lowest BCUT2D eigenvalue weighted by Gasteiger charge is -2.02. The lowest BCUT2D eigenvalue weighted by atomic mass is 10.2. The van der Waals surface area contributed by atoms with E-state index in [2.05, 4.69) is 15.5 Å². The van der Waals surface area contributed by atoms with Crippen LogP contribution in [0.5, 0.6) is 0 Å². The number of benzene rings is 1. The Labute approximate surface area is 109 Å². The van der Waals surface area contributed by atoms with Gasteiger partial charge < -0.3 is 9.73 Å². The summed E-state index contributed by atoms with van der Waals surface area (Å²) in [5, 5.41) is 10.7. The first-order valence-corrected chi connectivity index (χ1v) is 5.84. The van der Waals surface area contributed by atoms with Gasteiger partial charge in [-0.05, 0) is 18.2 Å². The zero-order valence-corrected chi connectivity index (χ0v) is 10.7. The molecule has 0 aliphatic heterocycles. The Morgan fingerprint density at radius 3 is 2.78 bits per heavy atom. The molecular formula is C12H12ClN3O2. The molecule has 0 aliphatic rings. The van der Waals surface area contributed by atoms with Crippen molar-refractivity contribution in [2.24, 2.45) is 0 Å². The summed E-state index contributed by atoms with van der Waals surface area (Å²) < 4.78 is 5.24. The highest BCUT2D eigenvalue weighted by Gasteiger charge is 2.16. The van der Waals surface area contributed by atoms with E-state index in [1.165, 1.54) is 0 Å². The molecule has 94 valence electrons. The van der Waals surface area contributed by atoms with Crippen molar-refractivity contribution >= 4 is 23.2 Å². The van der Waals surface area contributed by atoms with E-state index < -0.39 is 5.91 Å². The molecule has 2 rings (SSSR count). The summed E-state index contributed by atoms with van der Waals surface area (Å²) in [4.78, 5) is 11.8. The van der Waals surface area contributed by atoms with Crippen LogP contribution in [0.25, 0.3) is 0 Å². The number of hydrogen-bond acceptors (Lipinski definition) is 4. The lowest BCUT2D eigenvalue weighted by molar-refractivity contribution is 0.0988. The van der Waals surface area contributed by atoms with Crippen molar-refractivity contribution in [1.29, 1.82) is 0 Å². The second kappa shape index (κ2) is 5.18. The number of carbonyl (C=O) groups excluding carboxylic acids is 1. The van der Waals surface area contributed by atoms with Crippen molar-refractivity contribution in [2.75, 3.05) is 5.32 Å². The first-order chi connectivity index (χ1) is 8.56. The Morgan fingerprint density at radius 2 is 2.17 bits per heavy atom. The molecule has 0 fully saturated rings. The fourth-order valence-corrected chi connectivity index (χ4v) is 1.50. The minimum atomic E-state index is -0.448. The van der Waals surface area contributed by atoms with Gasteiger partial charge in [0.15, 0.2) is 0 Å². The van der Waals surface area contributed by atoms with Gasteiger partial charge in [0.1, 0.15) is 0 Å². The van der Waals surface area contributed by atoms with Crippen molar-refractivity contribution in [3.8, 4) is 0 Å². The summed E-state index contributed by atoms with van der Waals surface area (Å²) in [6.07, 6.45) is 0. The van der Waals surface area contributed by atoms with Gasteiger partial charge in [0.2, 0.25) is 5.89 Å². The van der Waals surface area contributed by atoms with Gasteiger partial charge in [-0.2, -0.15) is 0 Å². The third-order valence-corrected chi connectivity index (χ3v) is 2.45. The average Bonchev–Trinajstić information content (AvgIpc) is 2.78. The molecule has 2 aromatic rings. The number of anilines is 1. The molecule has 0 saturated heterocycles. The summed E-state index contributed by atoms with van der Waals surface area (Å²) in [7, 11) is 0. The molecule has 0 unspecified atom stereocenters. The molecule has 18 heavy (non-hydrogen) atoms. The maximum absolute atomic E-state index is 11.8. The fraction of sp³-hybridized carbons (Fsp3) is 0.250. The van der Waals surface area contributed by atoms with Gasteiger partial charge >= 0.3 is 11.8 Å². The van der Waals surface area contributed by atoms with Crippen LogP contribution in [-0.4, -0.2) is 16.1 Å². The van der Waals surface area contributed by atoms with Crippen LogP contribution in [-0.2, 0) is 0 Å². The zero-order chi connectivity index (χ0) is 13.1. The molecule has 0 aliphatic carbocycles. The first-order valence-electron chi connectivity index (χ1n) is 5.46. The smallest absolute Gasteiger partial charge is 0.313 e. The highest BCUT2D eigenvalue weighted by molar-refractivity contribution is 6.30. The lowest BCUT2D eigenvalue weighted by Crippen LogP contribution is -2.12. The van der Waals surface area contributed by atoms with Gasteiger partial charge in [0, 0.05) is 16.6 Å². The molecule has 0 atom stereocenters. The molecule has 1 N–H and O–H groups in total. The van der Waals surface area contributed by atoms with Crippen LogP contribution in [0, 0.1) is 0 Å². The Hall–Kier alpha value is -1.88. The second-order valence-electron chi connectivity index (χ2n) is 4.06. The van der Waals surface area contributed by atoms with Crippen LogP contribution >= 0.6 is 11.6 Å². The minimum absolute atomic E-state index is 0.0568. The van der Waals surface area contributed by atoms with Crippen molar-refractivity contribution in [1.82, 2.24) is 10.2 Å². The standard InChI is InChI=1S/C12H12ClN3O2/c1-7(2)11-15-16-12(18-11)10(17)14-9-5-3-4-8(13)6-9/h3-7H,1-2H3,(H,14,17). The Morgan fingerprint density at radius 1 is 1.39 bits per heavy atom. The number of hydrogen-bond donors (Lipinski definition) is 1. The molecular weight excluding hydrogens is 254 g/mol. The fourth-order valence-electron chi connectivity index (χ4n) is 1.31. The van der Waals surface area contributed by atoms with Crippen LogP contribution in [0.2, 0.25) is 5.02 Å².